The first-order valence-corrected chi connectivity index (χ1v) is 9.77. The number of sulfone groups is 1. The Morgan fingerprint density at radius 3 is 2.23 bits per heavy atom. The summed E-state index contributed by atoms with van der Waals surface area (Å²) in [7, 11) is -3.87. The van der Waals surface area contributed by atoms with E-state index in [0.717, 1.165) is 6.26 Å². The van der Waals surface area contributed by atoms with Gasteiger partial charge in [-0.25, -0.2) is 8.42 Å². The smallest absolute Gasteiger partial charge is 0.343 e. The highest BCUT2D eigenvalue weighted by atomic mass is 35.5. The summed E-state index contributed by atoms with van der Waals surface area (Å²) in [5, 5.41) is 4.87. The van der Waals surface area contributed by atoms with Crippen LogP contribution in [0.5, 0.6) is 0 Å². The summed E-state index contributed by atoms with van der Waals surface area (Å²) in [5.74, 6) is -1.07. The minimum Gasteiger partial charge on any atom is -0.343 e. The number of rotatable bonds is 5. The van der Waals surface area contributed by atoms with Gasteiger partial charge in [0.25, 0.3) is 0 Å². The molecule has 10 heteroatoms. The lowest BCUT2D eigenvalue weighted by Gasteiger charge is -2.36. The highest BCUT2D eigenvalue weighted by Gasteiger charge is 2.51. The van der Waals surface area contributed by atoms with E-state index in [4.69, 9.17) is 0 Å². The van der Waals surface area contributed by atoms with Crippen molar-refractivity contribution in [2.45, 2.75) is 36.2 Å². The van der Waals surface area contributed by atoms with E-state index in [0.29, 0.717) is 5.56 Å². The van der Waals surface area contributed by atoms with E-state index in [2.05, 4.69) is 5.32 Å². The Bertz CT molecular complexity index is 705. The van der Waals surface area contributed by atoms with E-state index in [1.165, 1.54) is 12.1 Å². The third-order valence-electron chi connectivity index (χ3n) is 4.52. The molecule has 0 saturated carbocycles. The first-order valence-electron chi connectivity index (χ1n) is 7.88. The van der Waals surface area contributed by atoms with Gasteiger partial charge in [-0.1, -0.05) is 30.3 Å². The van der Waals surface area contributed by atoms with E-state index < -0.39 is 39.1 Å². The summed E-state index contributed by atoms with van der Waals surface area (Å²) in [6.07, 6.45) is -4.33. The van der Waals surface area contributed by atoms with Crippen molar-refractivity contribution in [1.29, 1.82) is 0 Å². The largest absolute Gasteiger partial charge is 0.408 e. The van der Waals surface area contributed by atoms with Crippen molar-refractivity contribution in [3.05, 3.63) is 35.9 Å². The van der Waals surface area contributed by atoms with Crippen LogP contribution in [0.3, 0.4) is 0 Å². The van der Waals surface area contributed by atoms with E-state index in [1.54, 1.807) is 18.2 Å². The first kappa shape index (κ1) is 22.7. The maximum atomic E-state index is 13.4. The Morgan fingerprint density at radius 1 is 1.23 bits per heavy atom. The van der Waals surface area contributed by atoms with Gasteiger partial charge >= 0.3 is 6.18 Å². The molecule has 0 aromatic heterocycles. The lowest BCUT2D eigenvalue weighted by Crippen LogP contribution is -2.61. The lowest BCUT2D eigenvalue weighted by molar-refractivity contribution is -0.162. The molecule has 2 rings (SSSR count). The number of piperidine rings is 1. The number of hydrogen-bond acceptors (Lipinski definition) is 4. The molecule has 1 atom stereocenters. The van der Waals surface area contributed by atoms with E-state index in [9.17, 15) is 26.4 Å². The SMILES string of the molecule is CS(=O)(=O)C1(C(=O)NC(Cc2ccccc2)C(F)(F)F)CCNCC1.Cl. The zero-order valence-electron chi connectivity index (χ0n) is 14.2. The van der Waals surface area contributed by atoms with Crippen molar-refractivity contribution >= 4 is 28.2 Å². The second kappa shape index (κ2) is 8.58. The minimum atomic E-state index is -4.68. The monoisotopic (exact) mass is 414 g/mol. The Kier molecular flexibility index (Phi) is 7.50. The van der Waals surface area contributed by atoms with Gasteiger partial charge in [0.15, 0.2) is 14.6 Å². The second-order valence-corrected chi connectivity index (χ2v) is 8.60. The molecule has 0 bridgehead atoms. The average Bonchev–Trinajstić information content (AvgIpc) is 2.54. The Balaban J connectivity index is 0.00000338. The fourth-order valence-corrected chi connectivity index (χ4v) is 4.33. The zero-order valence-corrected chi connectivity index (χ0v) is 15.8. The van der Waals surface area contributed by atoms with Crippen LogP contribution in [-0.4, -0.2) is 50.6 Å². The molecule has 148 valence electrons. The Labute approximate surface area is 157 Å². The molecule has 1 aliphatic heterocycles. The molecule has 1 saturated heterocycles. The number of nitrogens with one attached hydrogen (secondary N) is 2. The summed E-state index contributed by atoms with van der Waals surface area (Å²) >= 11 is 0. The fourth-order valence-electron chi connectivity index (χ4n) is 2.99. The van der Waals surface area contributed by atoms with Crippen LogP contribution in [0, 0.1) is 0 Å². The standard InChI is InChI=1S/C16H21F3N2O3S.ClH/c1-25(23,24)15(7-9-20-10-8-15)14(22)21-13(16(17,18)19)11-12-5-3-2-4-6-12;/h2-6,13,20H,7-11H2,1H3,(H,21,22);1H. The maximum Gasteiger partial charge on any atom is 0.408 e. The van der Waals surface area contributed by atoms with Crippen molar-refractivity contribution in [2.75, 3.05) is 19.3 Å². The predicted octanol–water partition coefficient (Wildman–Crippen LogP) is 1.86. The second-order valence-electron chi connectivity index (χ2n) is 6.27. The first-order chi connectivity index (χ1) is 11.6. The highest BCUT2D eigenvalue weighted by Crippen LogP contribution is 2.30. The number of halogens is 4. The number of carbonyl (C=O) groups excluding carboxylic acids is 1. The Hall–Kier alpha value is -1.32. The van der Waals surface area contributed by atoms with E-state index in [-0.39, 0.29) is 38.3 Å². The maximum absolute atomic E-state index is 13.4. The van der Waals surface area contributed by atoms with Gasteiger partial charge < -0.3 is 10.6 Å². The molecule has 1 aliphatic rings. The number of amides is 1. The van der Waals surface area contributed by atoms with Crippen LogP contribution in [0.4, 0.5) is 13.2 Å². The molecule has 1 unspecified atom stereocenters. The van der Waals surface area contributed by atoms with Gasteiger partial charge in [0.1, 0.15) is 6.04 Å². The number of benzene rings is 1. The molecule has 0 radical (unpaired) electrons. The third kappa shape index (κ3) is 5.11. The van der Waals surface area contributed by atoms with E-state index in [1.807, 2.05) is 5.32 Å². The molecule has 5 nitrogen and oxygen atoms in total. The van der Waals surface area contributed by atoms with Crippen molar-refractivity contribution < 1.29 is 26.4 Å². The van der Waals surface area contributed by atoms with Crippen LogP contribution in [0.1, 0.15) is 18.4 Å². The molecular weight excluding hydrogens is 393 g/mol. The molecule has 1 fully saturated rings. The highest BCUT2D eigenvalue weighted by molar-refractivity contribution is 7.92. The molecule has 1 heterocycles. The number of hydrogen-bond donors (Lipinski definition) is 2. The van der Waals surface area contributed by atoms with Gasteiger partial charge in [0, 0.05) is 12.7 Å². The van der Waals surface area contributed by atoms with Crippen LogP contribution >= 0.6 is 12.4 Å². The quantitative estimate of drug-likeness (QED) is 0.771. The van der Waals surface area contributed by atoms with Crippen molar-refractivity contribution in [2.24, 2.45) is 0 Å². The van der Waals surface area contributed by atoms with Gasteiger partial charge in [-0.3, -0.25) is 4.79 Å². The molecule has 1 amide bonds. The summed E-state index contributed by atoms with van der Waals surface area (Å²) in [5.41, 5.74) is 0.406. The molecule has 26 heavy (non-hydrogen) atoms. The number of alkyl halides is 3. The molecule has 2 N–H and O–H groups in total. The lowest BCUT2D eigenvalue weighted by atomic mass is 9.95. The van der Waals surface area contributed by atoms with Gasteiger partial charge in [0.2, 0.25) is 5.91 Å². The zero-order chi connectivity index (χ0) is 18.7. The van der Waals surface area contributed by atoms with Gasteiger partial charge in [-0.05, 0) is 31.5 Å². The van der Waals surface area contributed by atoms with Crippen LogP contribution in [0.15, 0.2) is 30.3 Å². The van der Waals surface area contributed by atoms with Crippen LogP contribution in [-0.2, 0) is 21.1 Å². The topological polar surface area (TPSA) is 75.3 Å². The molecule has 0 spiro atoms. The molecule has 1 aromatic rings. The van der Waals surface area contributed by atoms with Crippen molar-refractivity contribution in [3.63, 3.8) is 0 Å². The summed E-state index contributed by atoms with van der Waals surface area (Å²) in [6.45, 7) is 0.520. The normalized spacial score (nSPS) is 18.5. The van der Waals surface area contributed by atoms with Gasteiger partial charge in [-0.2, -0.15) is 13.2 Å². The third-order valence-corrected chi connectivity index (χ3v) is 6.53. The van der Waals surface area contributed by atoms with Crippen molar-refractivity contribution in [3.8, 4) is 0 Å². The predicted molar refractivity (Wildman–Crippen MR) is 95.1 cm³/mol. The van der Waals surface area contributed by atoms with Crippen LogP contribution < -0.4 is 10.6 Å². The van der Waals surface area contributed by atoms with Crippen LogP contribution in [0.25, 0.3) is 0 Å². The summed E-state index contributed by atoms with van der Waals surface area (Å²) in [6, 6.07) is 5.81. The van der Waals surface area contributed by atoms with Gasteiger partial charge in [-0.15, -0.1) is 12.4 Å². The Morgan fingerprint density at radius 2 is 1.77 bits per heavy atom. The van der Waals surface area contributed by atoms with E-state index >= 15 is 0 Å². The molecule has 0 aliphatic carbocycles. The average molecular weight is 415 g/mol. The van der Waals surface area contributed by atoms with Gasteiger partial charge in [0.05, 0.1) is 0 Å². The minimum absolute atomic E-state index is 0. The molecular formula is C16H22ClF3N2O3S. The summed E-state index contributed by atoms with van der Waals surface area (Å²) in [4.78, 5) is 12.6. The fraction of sp³-hybridized carbons (Fsp3) is 0.562. The van der Waals surface area contributed by atoms with Crippen LogP contribution in [0.2, 0.25) is 0 Å². The molecule has 1 aromatic carbocycles. The summed E-state index contributed by atoms with van der Waals surface area (Å²) < 4.78 is 62.7. The van der Waals surface area contributed by atoms with Crippen molar-refractivity contribution in [1.82, 2.24) is 10.6 Å². The number of carbonyl (C=O) groups is 1.